The molecule has 1 aliphatic heterocycles. The van der Waals surface area contributed by atoms with Gasteiger partial charge >= 0.3 is 6.03 Å². The zero-order valence-electron chi connectivity index (χ0n) is 8.38. The monoisotopic (exact) mass is 215 g/mol. The summed E-state index contributed by atoms with van der Waals surface area (Å²) in [7, 11) is 0. The molecule has 5 nitrogen and oxygen atoms in total. The van der Waals surface area contributed by atoms with Gasteiger partial charge in [0.25, 0.3) is 5.91 Å². The van der Waals surface area contributed by atoms with Crippen LogP contribution in [-0.2, 0) is 0 Å². The Morgan fingerprint density at radius 2 is 2.06 bits per heavy atom. The highest BCUT2D eigenvalue weighted by Crippen LogP contribution is 2.15. The van der Waals surface area contributed by atoms with E-state index >= 15 is 0 Å². The first-order chi connectivity index (χ1) is 7.72. The largest absolute Gasteiger partial charge is 0.325 e. The van der Waals surface area contributed by atoms with Crippen LogP contribution < -0.4 is 5.32 Å². The molecule has 1 fully saturated rings. The van der Waals surface area contributed by atoms with E-state index in [1.807, 2.05) is 6.07 Å². The van der Waals surface area contributed by atoms with Crippen molar-refractivity contribution in [1.82, 2.24) is 10.2 Å². The van der Waals surface area contributed by atoms with Gasteiger partial charge in [0.05, 0.1) is 12.6 Å². The zero-order chi connectivity index (χ0) is 11.5. The zero-order valence-corrected chi connectivity index (χ0v) is 8.38. The number of urea groups is 1. The highest BCUT2D eigenvalue weighted by atomic mass is 16.2. The molecule has 2 rings (SSSR count). The third-order valence-electron chi connectivity index (χ3n) is 2.28. The lowest BCUT2D eigenvalue weighted by Crippen LogP contribution is -2.34. The van der Waals surface area contributed by atoms with Crippen molar-refractivity contribution >= 4 is 11.9 Å². The molecule has 0 aromatic heterocycles. The Bertz CT molecular complexity index is 464. The van der Waals surface area contributed by atoms with Crippen LogP contribution in [0.15, 0.2) is 30.3 Å². The number of rotatable bonds is 1. The van der Waals surface area contributed by atoms with E-state index in [4.69, 9.17) is 5.26 Å². The van der Waals surface area contributed by atoms with Crippen LogP contribution in [0.2, 0.25) is 0 Å². The summed E-state index contributed by atoms with van der Waals surface area (Å²) in [6.07, 6.45) is 0. The van der Waals surface area contributed by atoms with Crippen molar-refractivity contribution in [3.63, 3.8) is 0 Å². The maximum absolute atomic E-state index is 11.5. The van der Waals surface area contributed by atoms with Gasteiger partial charge in [0.15, 0.2) is 0 Å². The molecule has 1 aliphatic rings. The predicted molar refractivity (Wildman–Crippen MR) is 55.4 cm³/mol. The van der Waals surface area contributed by atoms with E-state index < -0.39 is 11.9 Å². The quantitative estimate of drug-likeness (QED) is 0.702. The van der Waals surface area contributed by atoms with Crippen LogP contribution in [0.4, 0.5) is 4.79 Å². The van der Waals surface area contributed by atoms with Crippen LogP contribution in [-0.4, -0.2) is 29.4 Å². The van der Waals surface area contributed by atoms with Gasteiger partial charge in [-0.3, -0.25) is 10.1 Å². The number of hydrogen-bond acceptors (Lipinski definition) is 3. The van der Waals surface area contributed by atoms with Crippen molar-refractivity contribution in [3.8, 4) is 6.07 Å². The topological polar surface area (TPSA) is 73.0 Å². The average molecular weight is 215 g/mol. The van der Waals surface area contributed by atoms with Gasteiger partial charge in [-0.2, -0.15) is 5.26 Å². The summed E-state index contributed by atoms with van der Waals surface area (Å²) in [6, 6.07) is 9.49. The molecule has 0 aliphatic carbocycles. The summed E-state index contributed by atoms with van der Waals surface area (Å²) in [5.41, 5.74) is 0.422. The average Bonchev–Trinajstić information content (AvgIpc) is 3.09. The van der Waals surface area contributed by atoms with E-state index in [-0.39, 0.29) is 6.04 Å². The number of carbonyl (C=O) groups is 2. The van der Waals surface area contributed by atoms with Crippen molar-refractivity contribution in [2.45, 2.75) is 6.04 Å². The van der Waals surface area contributed by atoms with Crippen LogP contribution in [0.3, 0.4) is 0 Å². The lowest BCUT2D eigenvalue weighted by atomic mass is 10.2. The van der Waals surface area contributed by atoms with Gasteiger partial charge in [0.2, 0.25) is 0 Å². The number of imide groups is 1. The van der Waals surface area contributed by atoms with E-state index in [1.54, 1.807) is 30.3 Å². The summed E-state index contributed by atoms with van der Waals surface area (Å²) in [5.74, 6) is -0.450. The van der Waals surface area contributed by atoms with Gasteiger partial charge in [0, 0.05) is 5.56 Å². The Morgan fingerprint density at radius 1 is 1.38 bits per heavy atom. The maximum atomic E-state index is 11.5. The summed E-state index contributed by atoms with van der Waals surface area (Å²) < 4.78 is 0. The number of nitriles is 1. The first kappa shape index (κ1) is 10.2. The molecule has 0 spiro atoms. The van der Waals surface area contributed by atoms with Gasteiger partial charge in [-0.1, -0.05) is 18.2 Å². The molecular weight excluding hydrogens is 206 g/mol. The Balaban J connectivity index is 1.94. The summed E-state index contributed by atoms with van der Waals surface area (Å²) in [5, 5.41) is 10.7. The molecule has 1 saturated heterocycles. The molecule has 1 aromatic carbocycles. The molecule has 80 valence electrons. The molecule has 1 N–H and O–H groups in total. The Morgan fingerprint density at radius 3 is 2.62 bits per heavy atom. The molecule has 3 amide bonds. The summed E-state index contributed by atoms with van der Waals surface area (Å²) in [6.45, 7) is 0.393. The van der Waals surface area contributed by atoms with Crippen LogP contribution in [0, 0.1) is 11.3 Å². The molecule has 1 heterocycles. The second-order valence-corrected chi connectivity index (χ2v) is 3.42. The fourth-order valence-corrected chi connectivity index (χ4v) is 1.30. The van der Waals surface area contributed by atoms with E-state index in [2.05, 4.69) is 5.32 Å². The second kappa shape index (κ2) is 4.03. The minimum atomic E-state index is -0.514. The highest BCUT2D eigenvalue weighted by Gasteiger charge is 2.39. The van der Waals surface area contributed by atoms with Crippen molar-refractivity contribution in [2.24, 2.45) is 0 Å². The second-order valence-electron chi connectivity index (χ2n) is 3.42. The van der Waals surface area contributed by atoms with Gasteiger partial charge < -0.3 is 4.90 Å². The van der Waals surface area contributed by atoms with Crippen LogP contribution in [0.1, 0.15) is 10.4 Å². The van der Waals surface area contributed by atoms with E-state index in [9.17, 15) is 9.59 Å². The fraction of sp³-hybridized carbons (Fsp3) is 0.182. The molecule has 0 radical (unpaired) electrons. The van der Waals surface area contributed by atoms with Gasteiger partial charge in [-0.15, -0.1) is 0 Å². The number of benzene rings is 1. The van der Waals surface area contributed by atoms with Crippen molar-refractivity contribution in [3.05, 3.63) is 35.9 Å². The molecule has 1 atom stereocenters. The van der Waals surface area contributed by atoms with Crippen molar-refractivity contribution in [1.29, 1.82) is 5.26 Å². The fourth-order valence-electron chi connectivity index (χ4n) is 1.30. The first-order valence-electron chi connectivity index (χ1n) is 4.79. The Labute approximate surface area is 92.3 Å². The van der Waals surface area contributed by atoms with Gasteiger partial charge in [-0.05, 0) is 12.1 Å². The molecule has 1 aromatic rings. The number of nitrogens with one attached hydrogen (secondary N) is 1. The van der Waals surface area contributed by atoms with Crippen LogP contribution in [0.25, 0.3) is 0 Å². The third-order valence-corrected chi connectivity index (χ3v) is 2.28. The molecule has 0 bridgehead atoms. The molecule has 1 unspecified atom stereocenters. The third kappa shape index (κ3) is 2.01. The maximum Gasteiger partial charge on any atom is 0.325 e. The Kier molecular flexibility index (Phi) is 2.56. The molecular formula is C11H9N3O2. The van der Waals surface area contributed by atoms with E-state index in [0.29, 0.717) is 12.1 Å². The smallest absolute Gasteiger partial charge is 0.303 e. The molecule has 16 heavy (non-hydrogen) atoms. The normalized spacial score (nSPS) is 17.4. The van der Waals surface area contributed by atoms with Crippen molar-refractivity contribution < 1.29 is 9.59 Å². The first-order valence-corrected chi connectivity index (χ1v) is 4.79. The number of hydrogen-bond donors (Lipinski definition) is 1. The van der Waals surface area contributed by atoms with E-state index in [1.165, 1.54) is 4.90 Å². The summed E-state index contributed by atoms with van der Waals surface area (Å²) in [4.78, 5) is 24.2. The molecule has 0 saturated carbocycles. The van der Waals surface area contributed by atoms with Gasteiger partial charge in [-0.25, -0.2) is 4.79 Å². The van der Waals surface area contributed by atoms with Crippen LogP contribution >= 0.6 is 0 Å². The number of nitrogens with zero attached hydrogens (tertiary/aromatic N) is 2. The van der Waals surface area contributed by atoms with Crippen LogP contribution in [0.5, 0.6) is 0 Å². The number of carbonyl (C=O) groups excluding carboxylic acids is 2. The SMILES string of the molecule is N#CC1CN1C(=O)NC(=O)c1ccccc1. The van der Waals surface area contributed by atoms with Crippen molar-refractivity contribution in [2.75, 3.05) is 6.54 Å². The van der Waals surface area contributed by atoms with Gasteiger partial charge in [0.1, 0.15) is 6.04 Å². The highest BCUT2D eigenvalue weighted by molar-refractivity contribution is 6.04. The minimum absolute atomic E-state index is 0.386. The lowest BCUT2D eigenvalue weighted by Gasteiger charge is -2.04. The standard InChI is InChI=1S/C11H9N3O2/c12-6-9-7-14(9)11(16)13-10(15)8-4-2-1-3-5-8/h1-5,9H,7H2,(H,13,15,16). The minimum Gasteiger partial charge on any atom is -0.303 e. The lowest BCUT2D eigenvalue weighted by molar-refractivity contribution is 0.0960. The summed E-state index contributed by atoms with van der Waals surface area (Å²) >= 11 is 0. The predicted octanol–water partition coefficient (Wildman–Crippen LogP) is 0.744. The van der Waals surface area contributed by atoms with E-state index in [0.717, 1.165) is 0 Å². The molecule has 5 heteroatoms. The Hall–Kier alpha value is -2.35. The number of amides is 3.